The molecule has 3 rings (SSSR count). The quantitative estimate of drug-likeness (QED) is 0.659. The van der Waals surface area contributed by atoms with Crippen LogP contribution in [0.4, 0.5) is 8.78 Å². The number of ether oxygens (including phenoxy) is 2. The summed E-state index contributed by atoms with van der Waals surface area (Å²) in [5, 5.41) is 2.07. The molecule has 1 aliphatic rings. The summed E-state index contributed by atoms with van der Waals surface area (Å²) in [5.41, 5.74) is 1.29. The van der Waals surface area contributed by atoms with Crippen LogP contribution in [0.3, 0.4) is 0 Å². The van der Waals surface area contributed by atoms with Crippen LogP contribution >= 0.6 is 11.3 Å². The molecule has 0 saturated carbocycles. The van der Waals surface area contributed by atoms with E-state index in [1.807, 2.05) is 0 Å². The largest absolute Gasteiger partial charge is 0.485 e. The van der Waals surface area contributed by atoms with E-state index in [0.29, 0.717) is 13.2 Å². The third-order valence-corrected chi connectivity index (χ3v) is 5.62. The second-order valence-corrected chi connectivity index (χ2v) is 7.61. The van der Waals surface area contributed by atoms with Gasteiger partial charge in [0.05, 0.1) is 6.61 Å². The maximum Gasteiger partial charge on any atom is 0.190 e. The minimum atomic E-state index is -0.867. The Balaban J connectivity index is 1.59. The van der Waals surface area contributed by atoms with Crippen molar-refractivity contribution in [2.45, 2.75) is 32.9 Å². The van der Waals surface area contributed by atoms with Gasteiger partial charge in [0.15, 0.2) is 23.2 Å². The Morgan fingerprint density at radius 3 is 2.74 bits per heavy atom. The lowest BCUT2D eigenvalue weighted by atomic mass is 10.1. The van der Waals surface area contributed by atoms with Gasteiger partial charge < -0.3 is 9.47 Å². The number of nitrogens with zero attached hydrogens (tertiary/aromatic N) is 1. The Kier molecular flexibility index (Phi) is 6.57. The summed E-state index contributed by atoms with van der Waals surface area (Å²) in [5.74, 6) is -2.51. The molecule has 0 N–H and O–H groups in total. The molecule has 1 aromatic carbocycles. The highest BCUT2D eigenvalue weighted by Gasteiger charge is 2.23. The third kappa shape index (κ3) is 4.91. The first kappa shape index (κ1) is 19.9. The van der Waals surface area contributed by atoms with Crippen molar-refractivity contribution in [1.29, 1.82) is 0 Å². The van der Waals surface area contributed by atoms with Crippen LogP contribution in [-0.2, 0) is 11.3 Å². The minimum absolute atomic E-state index is 0.0197. The van der Waals surface area contributed by atoms with Crippen LogP contribution in [0.1, 0.15) is 34.1 Å². The normalized spacial score (nSPS) is 17.9. The van der Waals surface area contributed by atoms with Crippen molar-refractivity contribution < 1.29 is 23.0 Å². The first-order valence-corrected chi connectivity index (χ1v) is 9.87. The summed E-state index contributed by atoms with van der Waals surface area (Å²) in [7, 11) is 0. The highest BCUT2D eigenvalue weighted by molar-refractivity contribution is 7.10. The molecule has 2 heterocycles. The van der Waals surface area contributed by atoms with Gasteiger partial charge >= 0.3 is 0 Å². The average molecular weight is 395 g/mol. The lowest BCUT2D eigenvalue weighted by molar-refractivity contribution is -0.0511. The van der Waals surface area contributed by atoms with Crippen LogP contribution in [0.15, 0.2) is 23.6 Å². The first-order chi connectivity index (χ1) is 13.0. The van der Waals surface area contributed by atoms with E-state index in [1.54, 1.807) is 18.3 Å². The zero-order chi connectivity index (χ0) is 19.4. The second-order valence-electron chi connectivity index (χ2n) is 6.61. The Morgan fingerprint density at radius 1 is 1.37 bits per heavy atom. The average Bonchev–Trinajstić information content (AvgIpc) is 3.05. The monoisotopic (exact) mass is 395 g/mol. The Labute approximate surface area is 161 Å². The van der Waals surface area contributed by atoms with Crippen molar-refractivity contribution in [2.24, 2.45) is 0 Å². The molecular formula is C20H23F2NO3S. The molecule has 0 radical (unpaired) electrons. The number of benzene rings is 1. The van der Waals surface area contributed by atoms with Gasteiger partial charge in [0.1, 0.15) is 12.7 Å². The van der Waals surface area contributed by atoms with Crippen molar-refractivity contribution in [1.82, 2.24) is 4.90 Å². The maximum absolute atomic E-state index is 14.2. The Bertz CT molecular complexity index is 785. The van der Waals surface area contributed by atoms with E-state index in [9.17, 15) is 13.6 Å². The molecule has 0 bridgehead atoms. The molecule has 146 valence electrons. The third-order valence-electron chi connectivity index (χ3n) is 4.61. The standard InChI is InChI=1S/C20H23F2NO3S/c1-3-18(24)14-8-16(21)20(17(22)9-14)26-12-15-10-23(5-6-25-15)11-19-13(2)4-7-27-19/h4,7-9,15H,3,5-6,10-12H2,1-2H3. The van der Waals surface area contributed by atoms with Crippen LogP contribution in [0.25, 0.3) is 0 Å². The van der Waals surface area contributed by atoms with Crippen molar-refractivity contribution in [3.05, 3.63) is 51.2 Å². The van der Waals surface area contributed by atoms with E-state index in [1.165, 1.54) is 10.4 Å². The van der Waals surface area contributed by atoms with E-state index >= 15 is 0 Å². The van der Waals surface area contributed by atoms with Crippen molar-refractivity contribution in [2.75, 3.05) is 26.3 Å². The molecule has 0 amide bonds. The SMILES string of the molecule is CCC(=O)c1cc(F)c(OCC2CN(Cc3sccc3C)CCO2)c(F)c1. The van der Waals surface area contributed by atoms with Crippen LogP contribution in [0.5, 0.6) is 5.75 Å². The van der Waals surface area contributed by atoms with E-state index in [2.05, 4.69) is 23.3 Å². The predicted octanol–water partition coefficient (Wildman–Crippen LogP) is 4.21. The molecule has 1 atom stereocenters. The fraction of sp³-hybridized carbons (Fsp3) is 0.450. The number of carbonyl (C=O) groups excluding carboxylic acids is 1. The molecule has 0 aliphatic carbocycles. The molecule has 1 fully saturated rings. The second kappa shape index (κ2) is 8.91. The fourth-order valence-electron chi connectivity index (χ4n) is 3.03. The number of rotatable bonds is 7. The molecule has 1 aromatic heterocycles. The summed E-state index contributed by atoms with van der Waals surface area (Å²) in [6.07, 6.45) is -0.0797. The Morgan fingerprint density at radius 2 is 2.11 bits per heavy atom. The highest BCUT2D eigenvalue weighted by Crippen LogP contribution is 2.25. The van der Waals surface area contributed by atoms with Gasteiger partial charge in [-0.25, -0.2) is 8.78 Å². The summed E-state index contributed by atoms with van der Waals surface area (Å²) in [6.45, 7) is 6.61. The van der Waals surface area contributed by atoms with Gasteiger partial charge in [-0.3, -0.25) is 9.69 Å². The number of carbonyl (C=O) groups is 1. The molecule has 7 heteroatoms. The molecule has 1 unspecified atom stereocenters. The highest BCUT2D eigenvalue weighted by atomic mass is 32.1. The van der Waals surface area contributed by atoms with E-state index in [-0.39, 0.29) is 30.5 Å². The number of thiophene rings is 1. The van der Waals surface area contributed by atoms with Gasteiger partial charge in [-0.05, 0) is 36.1 Å². The predicted molar refractivity (Wildman–Crippen MR) is 101 cm³/mol. The van der Waals surface area contributed by atoms with Crippen molar-refractivity contribution >= 4 is 17.1 Å². The van der Waals surface area contributed by atoms with Gasteiger partial charge in [0.25, 0.3) is 0 Å². The molecule has 1 saturated heterocycles. The minimum Gasteiger partial charge on any atom is -0.485 e. The molecule has 1 aliphatic heterocycles. The van der Waals surface area contributed by atoms with E-state index < -0.39 is 17.4 Å². The van der Waals surface area contributed by atoms with Gasteiger partial charge in [-0.2, -0.15) is 0 Å². The summed E-state index contributed by atoms with van der Waals surface area (Å²) in [4.78, 5) is 15.2. The van der Waals surface area contributed by atoms with Gasteiger partial charge in [-0.1, -0.05) is 6.92 Å². The number of Topliss-reactive ketones (excluding diaryl/α,β-unsaturated/α-hetero) is 1. The number of hydrogen-bond acceptors (Lipinski definition) is 5. The molecule has 2 aromatic rings. The first-order valence-electron chi connectivity index (χ1n) is 9.00. The van der Waals surface area contributed by atoms with Crippen LogP contribution in [-0.4, -0.2) is 43.1 Å². The fourth-order valence-corrected chi connectivity index (χ4v) is 3.98. The lowest BCUT2D eigenvalue weighted by Gasteiger charge is -2.32. The lowest BCUT2D eigenvalue weighted by Crippen LogP contribution is -2.44. The number of hydrogen-bond donors (Lipinski definition) is 0. The van der Waals surface area contributed by atoms with Gasteiger partial charge in [0, 0.05) is 36.5 Å². The summed E-state index contributed by atoms with van der Waals surface area (Å²) < 4.78 is 39.4. The van der Waals surface area contributed by atoms with Crippen LogP contribution in [0, 0.1) is 18.6 Å². The summed E-state index contributed by atoms with van der Waals surface area (Å²) in [6, 6.07) is 4.15. The molecule has 4 nitrogen and oxygen atoms in total. The van der Waals surface area contributed by atoms with E-state index in [0.717, 1.165) is 25.2 Å². The van der Waals surface area contributed by atoms with Crippen molar-refractivity contribution in [3.63, 3.8) is 0 Å². The van der Waals surface area contributed by atoms with Crippen LogP contribution < -0.4 is 4.74 Å². The van der Waals surface area contributed by atoms with Gasteiger partial charge in [0.2, 0.25) is 0 Å². The molecular weight excluding hydrogens is 372 g/mol. The number of morpholine rings is 1. The number of halogens is 2. The number of aryl methyl sites for hydroxylation is 1. The summed E-state index contributed by atoms with van der Waals surface area (Å²) >= 11 is 1.72. The van der Waals surface area contributed by atoms with Crippen molar-refractivity contribution in [3.8, 4) is 5.75 Å². The molecule has 0 spiro atoms. The molecule has 27 heavy (non-hydrogen) atoms. The number of ketones is 1. The van der Waals surface area contributed by atoms with Gasteiger partial charge in [-0.15, -0.1) is 11.3 Å². The van der Waals surface area contributed by atoms with Crippen LogP contribution in [0.2, 0.25) is 0 Å². The maximum atomic E-state index is 14.2. The zero-order valence-corrected chi connectivity index (χ0v) is 16.3. The topological polar surface area (TPSA) is 38.8 Å². The Hall–Kier alpha value is -1.83. The van der Waals surface area contributed by atoms with E-state index in [4.69, 9.17) is 9.47 Å². The smallest absolute Gasteiger partial charge is 0.190 e. The zero-order valence-electron chi connectivity index (χ0n) is 15.5.